The van der Waals surface area contributed by atoms with Crippen LogP contribution in [0, 0.1) is 0 Å². The number of carbonyl (C=O) groups is 1. The summed E-state index contributed by atoms with van der Waals surface area (Å²) in [6, 6.07) is 26.8. The van der Waals surface area contributed by atoms with E-state index >= 15 is 0 Å². The smallest absolute Gasteiger partial charge is 0.419 e. The number of ether oxygens (including phenoxy) is 1. The molecular weight excluding hydrogens is 490 g/mol. The third-order valence-electron chi connectivity index (χ3n) is 7.10. The number of benzene rings is 3. The lowest BCUT2D eigenvalue weighted by Crippen LogP contribution is -2.49. The van der Waals surface area contributed by atoms with Crippen molar-refractivity contribution < 1.29 is 23.1 Å². The normalized spacial score (nSPS) is 19.8. The van der Waals surface area contributed by atoms with Gasteiger partial charge in [-0.3, -0.25) is 0 Å². The maximum absolute atomic E-state index is 12.2. The molecule has 0 aliphatic heterocycles. The quantitative estimate of drug-likeness (QED) is 0.312. The molecule has 1 aliphatic rings. The molecule has 4 N–H and O–H groups in total. The fourth-order valence-electron chi connectivity index (χ4n) is 4.99. The fraction of sp³-hybridized carbons (Fsp3) is 0.321. The van der Waals surface area contributed by atoms with E-state index in [2.05, 4.69) is 46.4 Å². The molecule has 1 saturated carbocycles. The van der Waals surface area contributed by atoms with Crippen molar-refractivity contribution in [3.63, 3.8) is 0 Å². The molecule has 3 aromatic rings. The zero-order chi connectivity index (χ0) is 26.3. The second-order valence-corrected chi connectivity index (χ2v) is 11.0. The molecule has 1 amide bonds. The first kappa shape index (κ1) is 26.7. The predicted octanol–water partition coefficient (Wildman–Crippen LogP) is 4.43. The van der Waals surface area contributed by atoms with Crippen LogP contribution in [0.1, 0.15) is 36.8 Å². The standard InChI is InChI=1S/C28H33N3O5S/c1-36-26-9-5-8-24(18-26)28(20-30-37(34,35)31-27(32)33)16-14-25(15-17-28)29-19-21-10-12-23(13-11-21)22-6-3-2-4-7-22/h2-13,18,25,29-31H,14-17,19-20H2,1H3,(H,32,33)/t25-,28-. The lowest BCUT2D eigenvalue weighted by molar-refractivity contribution is 0.200. The Balaban J connectivity index is 1.40. The third-order valence-corrected chi connectivity index (χ3v) is 8.07. The molecule has 1 fully saturated rings. The summed E-state index contributed by atoms with van der Waals surface area (Å²) >= 11 is 0. The van der Waals surface area contributed by atoms with Gasteiger partial charge in [0.1, 0.15) is 5.75 Å². The summed E-state index contributed by atoms with van der Waals surface area (Å²) in [6.45, 7) is 0.845. The monoisotopic (exact) mass is 523 g/mol. The van der Waals surface area contributed by atoms with Gasteiger partial charge in [0.15, 0.2) is 0 Å². The van der Waals surface area contributed by atoms with Gasteiger partial charge in [-0.2, -0.15) is 13.1 Å². The second kappa shape index (κ2) is 11.8. The first-order valence-electron chi connectivity index (χ1n) is 12.3. The summed E-state index contributed by atoms with van der Waals surface area (Å²) in [5.41, 5.74) is 4.08. The van der Waals surface area contributed by atoms with E-state index in [9.17, 15) is 13.2 Å². The van der Waals surface area contributed by atoms with Crippen LogP contribution in [0.4, 0.5) is 4.79 Å². The van der Waals surface area contributed by atoms with Crippen LogP contribution in [0.25, 0.3) is 11.1 Å². The van der Waals surface area contributed by atoms with E-state index in [1.54, 1.807) is 11.8 Å². The predicted molar refractivity (Wildman–Crippen MR) is 144 cm³/mol. The molecule has 37 heavy (non-hydrogen) atoms. The zero-order valence-electron chi connectivity index (χ0n) is 20.8. The Hall–Kier alpha value is -3.40. The van der Waals surface area contributed by atoms with Crippen molar-refractivity contribution in [2.45, 2.75) is 43.7 Å². The Morgan fingerprint density at radius 1 is 0.973 bits per heavy atom. The van der Waals surface area contributed by atoms with Crippen molar-refractivity contribution in [3.05, 3.63) is 90.0 Å². The molecule has 0 heterocycles. The summed E-state index contributed by atoms with van der Waals surface area (Å²) in [6.07, 6.45) is 1.56. The van der Waals surface area contributed by atoms with Gasteiger partial charge < -0.3 is 15.2 Å². The molecule has 0 bridgehead atoms. The van der Waals surface area contributed by atoms with Crippen LogP contribution in [0.3, 0.4) is 0 Å². The highest BCUT2D eigenvalue weighted by molar-refractivity contribution is 7.88. The van der Waals surface area contributed by atoms with E-state index in [1.165, 1.54) is 16.7 Å². The molecular formula is C28H33N3O5S. The van der Waals surface area contributed by atoms with Gasteiger partial charge in [0.25, 0.3) is 0 Å². The van der Waals surface area contributed by atoms with E-state index in [-0.39, 0.29) is 6.54 Å². The van der Waals surface area contributed by atoms with E-state index < -0.39 is 21.7 Å². The molecule has 0 spiro atoms. The van der Waals surface area contributed by atoms with Gasteiger partial charge in [0.05, 0.1) is 7.11 Å². The zero-order valence-corrected chi connectivity index (χ0v) is 21.6. The van der Waals surface area contributed by atoms with Gasteiger partial charge in [0, 0.05) is 24.5 Å². The summed E-state index contributed by atoms with van der Waals surface area (Å²) in [5, 5.41) is 12.5. The van der Waals surface area contributed by atoms with Gasteiger partial charge >= 0.3 is 16.3 Å². The minimum Gasteiger partial charge on any atom is -0.497 e. The number of hydrogen-bond acceptors (Lipinski definition) is 5. The Labute approximate surface area is 218 Å². The molecule has 0 aromatic heterocycles. The van der Waals surface area contributed by atoms with Crippen LogP contribution in [-0.4, -0.2) is 39.3 Å². The second-order valence-electron chi connectivity index (χ2n) is 9.46. The highest BCUT2D eigenvalue weighted by atomic mass is 32.2. The summed E-state index contributed by atoms with van der Waals surface area (Å²) in [5.74, 6) is 0.697. The number of nitrogens with one attached hydrogen (secondary N) is 3. The molecule has 9 heteroatoms. The highest BCUT2D eigenvalue weighted by Crippen LogP contribution is 2.40. The van der Waals surface area contributed by atoms with Crippen molar-refractivity contribution in [3.8, 4) is 16.9 Å². The first-order valence-corrected chi connectivity index (χ1v) is 13.8. The lowest BCUT2D eigenvalue weighted by Gasteiger charge is -2.41. The van der Waals surface area contributed by atoms with E-state index in [4.69, 9.17) is 9.84 Å². The van der Waals surface area contributed by atoms with Crippen LogP contribution >= 0.6 is 0 Å². The van der Waals surface area contributed by atoms with Crippen molar-refractivity contribution in [1.29, 1.82) is 0 Å². The van der Waals surface area contributed by atoms with E-state index in [1.807, 2.05) is 42.5 Å². The van der Waals surface area contributed by atoms with Crippen molar-refractivity contribution in [2.24, 2.45) is 0 Å². The number of hydrogen-bond donors (Lipinski definition) is 4. The maximum Gasteiger partial charge on any atom is 0.419 e. The van der Waals surface area contributed by atoms with E-state index in [0.717, 1.165) is 37.8 Å². The van der Waals surface area contributed by atoms with Crippen molar-refractivity contribution >= 4 is 16.3 Å². The van der Waals surface area contributed by atoms with E-state index in [0.29, 0.717) is 11.8 Å². The number of amides is 1. The molecule has 3 aromatic carbocycles. The first-order chi connectivity index (χ1) is 17.8. The molecule has 0 saturated heterocycles. The number of carboxylic acid groups (broad SMARTS) is 1. The highest BCUT2D eigenvalue weighted by Gasteiger charge is 2.38. The van der Waals surface area contributed by atoms with Crippen molar-refractivity contribution in [2.75, 3.05) is 13.7 Å². The van der Waals surface area contributed by atoms with Crippen LogP contribution in [0.5, 0.6) is 5.75 Å². The van der Waals surface area contributed by atoms with Crippen LogP contribution in [0.15, 0.2) is 78.9 Å². The van der Waals surface area contributed by atoms with Gasteiger partial charge in [-0.05, 0) is 60.1 Å². The average Bonchev–Trinajstić information content (AvgIpc) is 2.91. The maximum atomic E-state index is 12.2. The molecule has 0 atom stereocenters. The van der Waals surface area contributed by atoms with Crippen LogP contribution in [-0.2, 0) is 22.2 Å². The Kier molecular flexibility index (Phi) is 8.48. The number of methoxy groups -OCH3 is 1. The summed E-state index contributed by atoms with van der Waals surface area (Å²) < 4.78 is 33.7. The lowest BCUT2D eigenvalue weighted by atomic mass is 9.68. The Morgan fingerprint density at radius 3 is 2.30 bits per heavy atom. The molecule has 0 radical (unpaired) electrons. The third kappa shape index (κ3) is 7.09. The minimum absolute atomic E-state index is 0.0937. The molecule has 1 aliphatic carbocycles. The summed E-state index contributed by atoms with van der Waals surface area (Å²) in [4.78, 5) is 10.9. The minimum atomic E-state index is -4.17. The molecule has 4 rings (SSSR count). The molecule has 8 nitrogen and oxygen atoms in total. The Morgan fingerprint density at radius 2 is 1.65 bits per heavy atom. The van der Waals surface area contributed by atoms with Gasteiger partial charge in [-0.1, -0.05) is 66.7 Å². The van der Waals surface area contributed by atoms with Gasteiger partial charge in [-0.15, -0.1) is 0 Å². The van der Waals surface area contributed by atoms with Crippen molar-refractivity contribution in [1.82, 2.24) is 14.8 Å². The van der Waals surface area contributed by atoms with Gasteiger partial charge in [0.2, 0.25) is 0 Å². The van der Waals surface area contributed by atoms with Crippen LogP contribution < -0.4 is 19.5 Å². The Bertz CT molecular complexity index is 1290. The SMILES string of the molecule is COc1cccc([C@]2(CNS(=O)(=O)NC(=O)O)CC[C@@H](NCc3ccc(-c4ccccc4)cc3)CC2)c1. The summed E-state index contributed by atoms with van der Waals surface area (Å²) in [7, 11) is -2.58. The fourth-order valence-corrected chi connectivity index (χ4v) is 5.76. The largest absolute Gasteiger partial charge is 0.497 e. The molecule has 0 unspecified atom stereocenters. The average molecular weight is 524 g/mol. The molecule has 196 valence electrons. The number of rotatable bonds is 10. The topological polar surface area (TPSA) is 117 Å². The van der Waals surface area contributed by atoms with Crippen LogP contribution in [0.2, 0.25) is 0 Å². The van der Waals surface area contributed by atoms with Gasteiger partial charge in [-0.25, -0.2) is 9.52 Å².